The Morgan fingerprint density at radius 3 is 2.30 bits per heavy atom. The predicted molar refractivity (Wildman–Crippen MR) is 77.6 cm³/mol. The average Bonchev–Trinajstić information content (AvgIpc) is 3.32. The molecule has 0 bridgehead atoms. The standard InChI is InChI=1S/C17H14F3NO2/c1-8(9-2-3-9)10-6-12(19)15(13(20)7-10)16-11(18)4-5-14(21-16)17(22)23/h4-9H,2-3H2,1H3,(H,22,23). The first-order valence-corrected chi connectivity index (χ1v) is 7.27. The number of hydrogen-bond donors (Lipinski definition) is 1. The molecule has 0 radical (unpaired) electrons. The van der Waals surface area contributed by atoms with Gasteiger partial charge in [0.2, 0.25) is 0 Å². The van der Waals surface area contributed by atoms with Gasteiger partial charge in [-0.05, 0) is 54.5 Å². The van der Waals surface area contributed by atoms with Crippen LogP contribution in [0.5, 0.6) is 0 Å². The van der Waals surface area contributed by atoms with Gasteiger partial charge >= 0.3 is 5.97 Å². The van der Waals surface area contributed by atoms with Crippen LogP contribution in [0.25, 0.3) is 11.3 Å². The molecule has 0 aliphatic heterocycles. The van der Waals surface area contributed by atoms with Gasteiger partial charge in [0.25, 0.3) is 0 Å². The van der Waals surface area contributed by atoms with Crippen molar-refractivity contribution in [3.05, 3.63) is 53.0 Å². The molecule has 0 spiro atoms. The van der Waals surface area contributed by atoms with Crippen molar-refractivity contribution in [2.24, 2.45) is 5.92 Å². The van der Waals surface area contributed by atoms with Crippen LogP contribution in [0.2, 0.25) is 0 Å². The highest BCUT2D eigenvalue weighted by atomic mass is 19.1. The van der Waals surface area contributed by atoms with Gasteiger partial charge in [0.15, 0.2) is 0 Å². The molecule has 23 heavy (non-hydrogen) atoms. The first-order chi connectivity index (χ1) is 10.9. The molecule has 1 aromatic heterocycles. The van der Waals surface area contributed by atoms with E-state index in [4.69, 9.17) is 5.11 Å². The Bertz CT molecular complexity index is 764. The summed E-state index contributed by atoms with van der Waals surface area (Å²) >= 11 is 0. The number of halogens is 3. The minimum Gasteiger partial charge on any atom is -0.477 e. The van der Waals surface area contributed by atoms with Crippen LogP contribution in [0.3, 0.4) is 0 Å². The van der Waals surface area contributed by atoms with E-state index in [0.717, 1.165) is 25.0 Å². The highest BCUT2D eigenvalue weighted by Crippen LogP contribution is 2.43. The highest BCUT2D eigenvalue weighted by Gasteiger charge is 2.30. The second kappa shape index (κ2) is 5.68. The average molecular weight is 321 g/mol. The van der Waals surface area contributed by atoms with Crippen LogP contribution in [0.4, 0.5) is 13.2 Å². The monoisotopic (exact) mass is 321 g/mol. The van der Waals surface area contributed by atoms with Gasteiger partial charge in [0.05, 0.1) is 5.56 Å². The van der Waals surface area contributed by atoms with Crippen LogP contribution >= 0.6 is 0 Å². The van der Waals surface area contributed by atoms with Gasteiger partial charge in [0, 0.05) is 0 Å². The van der Waals surface area contributed by atoms with Crippen molar-refractivity contribution < 1.29 is 23.1 Å². The van der Waals surface area contributed by atoms with Crippen molar-refractivity contribution in [3.63, 3.8) is 0 Å². The lowest BCUT2D eigenvalue weighted by Crippen LogP contribution is -2.06. The van der Waals surface area contributed by atoms with Crippen LogP contribution < -0.4 is 0 Å². The fourth-order valence-corrected chi connectivity index (χ4v) is 2.69. The molecular weight excluding hydrogens is 307 g/mol. The molecule has 1 N–H and O–H groups in total. The summed E-state index contributed by atoms with van der Waals surface area (Å²) in [5.41, 5.74) is -1.24. The molecular formula is C17H14F3NO2. The summed E-state index contributed by atoms with van der Waals surface area (Å²) in [4.78, 5) is 14.4. The Kier molecular flexibility index (Phi) is 3.83. The third kappa shape index (κ3) is 2.93. The summed E-state index contributed by atoms with van der Waals surface area (Å²) in [6, 6.07) is 4.14. The Morgan fingerprint density at radius 2 is 1.78 bits per heavy atom. The molecule has 0 saturated heterocycles. The van der Waals surface area contributed by atoms with Gasteiger partial charge in [-0.15, -0.1) is 0 Å². The lowest BCUT2D eigenvalue weighted by molar-refractivity contribution is 0.0690. The Labute approximate surface area is 130 Å². The molecule has 3 nitrogen and oxygen atoms in total. The Balaban J connectivity index is 2.09. The molecule has 2 aromatic rings. The molecule has 6 heteroatoms. The highest BCUT2D eigenvalue weighted by molar-refractivity contribution is 5.86. The minimum absolute atomic E-state index is 0.0243. The number of rotatable bonds is 4. The number of carboxylic acids is 1. The second-order valence-electron chi connectivity index (χ2n) is 5.82. The molecule has 3 rings (SSSR count). The molecule has 120 valence electrons. The normalized spacial score (nSPS) is 15.5. The fourth-order valence-electron chi connectivity index (χ4n) is 2.69. The van der Waals surface area contributed by atoms with Gasteiger partial charge in [-0.25, -0.2) is 22.9 Å². The van der Waals surface area contributed by atoms with Crippen molar-refractivity contribution in [3.8, 4) is 11.3 Å². The maximum absolute atomic E-state index is 14.4. The van der Waals surface area contributed by atoms with E-state index in [1.54, 1.807) is 0 Å². The molecule has 1 aliphatic carbocycles. The first kappa shape index (κ1) is 15.5. The lowest BCUT2D eigenvalue weighted by Gasteiger charge is -2.13. The van der Waals surface area contributed by atoms with E-state index < -0.39 is 40.4 Å². The van der Waals surface area contributed by atoms with Crippen molar-refractivity contribution in [2.75, 3.05) is 0 Å². The smallest absolute Gasteiger partial charge is 0.354 e. The van der Waals surface area contributed by atoms with E-state index in [2.05, 4.69) is 4.98 Å². The summed E-state index contributed by atoms with van der Waals surface area (Å²) in [7, 11) is 0. The van der Waals surface area contributed by atoms with E-state index >= 15 is 0 Å². The maximum atomic E-state index is 14.4. The van der Waals surface area contributed by atoms with Crippen LogP contribution in [-0.2, 0) is 0 Å². The van der Waals surface area contributed by atoms with Gasteiger partial charge < -0.3 is 5.11 Å². The number of carboxylic acid groups (broad SMARTS) is 1. The van der Waals surface area contributed by atoms with E-state index in [9.17, 15) is 18.0 Å². The van der Waals surface area contributed by atoms with Crippen molar-refractivity contribution in [1.82, 2.24) is 4.98 Å². The van der Waals surface area contributed by atoms with Crippen LogP contribution in [-0.4, -0.2) is 16.1 Å². The van der Waals surface area contributed by atoms with Crippen LogP contribution in [0, 0.1) is 23.4 Å². The Hall–Kier alpha value is -2.37. The number of aromatic nitrogens is 1. The molecule has 1 aromatic carbocycles. The SMILES string of the molecule is CC(c1cc(F)c(-c2nc(C(=O)O)ccc2F)c(F)c1)C1CC1. The number of nitrogens with zero attached hydrogens (tertiary/aromatic N) is 1. The largest absolute Gasteiger partial charge is 0.477 e. The number of hydrogen-bond acceptors (Lipinski definition) is 2. The number of pyridine rings is 1. The third-order valence-corrected chi connectivity index (χ3v) is 4.22. The number of aromatic carboxylic acids is 1. The van der Waals surface area contributed by atoms with Gasteiger partial charge in [-0.2, -0.15) is 0 Å². The zero-order valence-electron chi connectivity index (χ0n) is 12.3. The molecule has 1 heterocycles. The van der Waals surface area contributed by atoms with E-state index in [0.29, 0.717) is 11.5 Å². The van der Waals surface area contributed by atoms with Crippen molar-refractivity contribution in [2.45, 2.75) is 25.7 Å². The summed E-state index contributed by atoms with van der Waals surface area (Å²) in [5.74, 6) is -3.81. The van der Waals surface area contributed by atoms with Crippen LogP contribution in [0.1, 0.15) is 41.7 Å². The molecule has 1 aliphatic rings. The van der Waals surface area contributed by atoms with Crippen molar-refractivity contribution >= 4 is 5.97 Å². The summed E-state index contributed by atoms with van der Waals surface area (Å²) in [6.45, 7) is 1.90. The topological polar surface area (TPSA) is 50.2 Å². The quantitative estimate of drug-likeness (QED) is 0.909. The second-order valence-corrected chi connectivity index (χ2v) is 5.82. The summed E-state index contributed by atoms with van der Waals surface area (Å²) in [5, 5.41) is 8.90. The molecule has 1 fully saturated rings. The van der Waals surface area contributed by atoms with Gasteiger partial charge in [0.1, 0.15) is 28.8 Å². The summed E-state index contributed by atoms with van der Waals surface area (Å²) in [6.07, 6.45) is 2.06. The molecule has 1 saturated carbocycles. The number of benzene rings is 1. The van der Waals surface area contributed by atoms with E-state index in [-0.39, 0.29) is 5.92 Å². The van der Waals surface area contributed by atoms with Crippen LogP contribution in [0.15, 0.2) is 24.3 Å². The molecule has 1 unspecified atom stereocenters. The predicted octanol–water partition coefficient (Wildman–Crippen LogP) is 4.38. The zero-order valence-corrected chi connectivity index (χ0v) is 12.3. The lowest BCUT2D eigenvalue weighted by atomic mass is 9.94. The van der Waals surface area contributed by atoms with Gasteiger partial charge in [-0.1, -0.05) is 6.92 Å². The number of carbonyl (C=O) groups is 1. The van der Waals surface area contributed by atoms with Gasteiger partial charge in [-0.3, -0.25) is 0 Å². The summed E-state index contributed by atoms with van der Waals surface area (Å²) < 4.78 is 42.6. The Morgan fingerprint density at radius 1 is 1.17 bits per heavy atom. The minimum atomic E-state index is -1.40. The van der Waals surface area contributed by atoms with E-state index in [1.165, 1.54) is 12.1 Å². The zero-order chi connectivity index (χ0) is 16.7. The fraction of sp³-hybridized carbons (Fsp3) is 0.294. The third-order valence-electron chi connectivity index (χ3n) is 4.22. The molecule has 0 amide bonds. The van der Waals surface area contributed by atoms with Crippen molar-refractivity contribution in [1.29, 1.82) is 0 Å². The maximum Gasteiger partial charge on any atom is 0.354 e. The molecule has 1 atom stereocenters. The first-order valence-electron chi connectivity index (χ1n) is 7.27. The van der Waals surface area contributed by atoms with E-state index in [1.807, 2.05) is 6.92 Å².